The van der Waals surface area contributed by atoms with Crippen LogP contribution in [0.15, 0.2) is 45.9 Å². The Kier molecular flexibility index (Phi) is 7.46. The van der Waals surface area contributed by atoms with Gasteiger partial charge in [-0.25, -0.2) is 0 Å². The summed E-state index contributed by atoms with van der Waals surface area (Å²) in [4.78, 5) is 34.6. The Hall–Kier alpha value is -3.07. The monoisotopic (exact) mass is 414 g/mol. The average Bonchev–Trinajstić information content (AvgIpc) is 3.42. The summed E-state index contributed by atoms with van der Waals surface area (Å²) in [6, 6.07) is 5.62. The molecule has 3 aromatic rings. The maximum Gasteiger partial charge on any atom is 0.307 e. The van der Waals surface area contributed by atoms with E-state index in [-0.39, 0.29) is 31.3 Å². The highest BCUT2D eigenvalue weighted by Gasteiger charge is 2.18. The molecule has 0 spiro atoms. The van der Waals surface area contributed by atoms with Crippen molar-refractivity contribution in [3.8, 4) is 11.4 Å². The summed E-state index contributed by atoms with van der Waals surface area (Å²) in [7, 11) is 0. The van der Waals surface area contributed by atoms with Gasteiger partial charge in [0.15, 0.2) is 0 Å². The average molecular weight is 414 g/mol. The molecule has 0 aliphatic carbocycles. The van der Waals surface area contributed by atoms with Crippen LogP contribution in [0.1, 0.15) is 31.2 Å². The predicted molar refractivity (Wildman–Crippen MR) is 107 cm³/mol. The van der Waals surface area contributed by atoms with Crippen molar-refractivity contribution in [1.82, 2.24) is 20.0 Å². The Bertz CT molecular complexity index is 912. The van der Waals surface area contributed by atoms with Gasteiger partial charge < -0.3 is 14.2 Å². The summed E-state index contributed by atoms with van der Waals surface area (Å²) in [5, 5.41) is 7.83. The molecule has 0 unspecified atom stereocenters. The van der Waals surface area contributed by atoms with Gasteiger partial charge in [-0.3, -0.25) is 14.6 Å². The topological polar surface area (TPSA) is 98.4 Å². The Balaban J connectivity index is 1.60. The van der Waals surface area contributed by atoms with Crippen LogP contribution >= 0.6 is 11.3 Å². The number of amides is 1. The van der Waals surface area contributed by atoms with Gasteiger partial charge in [-0.05, 0) is 30.0 Å². The van der Waals surface area contributed by atoms with E-state index in [9.17, 15) is 9.59 Å². The largest absolute Gasteiger partial charge is 0.466 e. The van der Waals surface area contributed by atoms with Crippen LogP contribution in [0.3, 0.4) is 0 Å². The van der Waals surface area contributed by atoms with Crippen molar-refractivity contribution < 1.29 is 18.8 Å². The Morgan fingerprint density at radius 3 is 2.90 bits per heavy atom. The molecule has 3 rings (SSSR count). The summed E-state index contributed by atoms with van der Waals surface area (Å²) in [6.45, 7) is 2.72. The quantitative estimate of drug-likeness (QED) is 0.470. The van der Waals surface area contributed by atoms with Crippen LogP contribution in [-0.4, -0.2) is 45.1 Å². The van der Waals surface area contributed by atoms with Gasteiger partial charge in [-0.2, -0.15) is 16.3 Å². The maximum absolute atomic E-state index is 12.8. The highest BCUT2D eigenvalue weighted by atomic mass is 32.1. The van der Waals surface area contributed by atoms with Crippen LogP contribution in [-0.2, 0) is 27.3 Å². The minimum absolute atomic E-state index is 0.103. The standard InChI is InChI=1S/C20H22N4O4S/c1-2-27-19(26)7-10-24(13-15-4-3-9-21-12-15)18(25)6-5-17-22-20(23-28-17)16-8-11-29-14-16/h3-4,8-9,11-12,14H,2,5-7,10,13H2,1H3. The van der Waals surface area contributed by atoms with Crippen molar-refractivity contribution in [1.29, 1.82) is 0 Å². The molecular weight excluding hydrogens is 392 g/mol. The number of aryl methyl sites for hydroxylation is 1. The molecule has 0 N–H and O–H groups in total. The predicted octanol–water partition coefficient (Wildman–Crippen LogP) is 3.11. The van der Waals surface area contributed by atoms with Gasteiger partial charge in [0, 0.05) is 49.3 Å². The van der Waals surface area contributed by atoms with E-state index in [1.165, 1.54) is 0 Å². The second kappa shape index (κ2) is 10.5. The van der Waals surface area contributed by atoms with Crippen LogP contribution in [0.2, 0.25) is 0 Å². The fourth-order valence-corrected chi connectivity index (χ4v) is 3.34. The zero-order chi connectivity index (χ0) is 20.5. The van der Waals surface area contributed by atoms with E-state index in [0.29, 0.717) is 31.3 Å². The lowest BCUT2D eigenvalue weighted by Crippen LogP contribution is -2.33. The molecule has 29 heavy (non-hydrogen) atoms. The van der Waals surface area contributed by atoms with E-state index in [0.717, 1.165) is 11.1 Å². The Morgan fingerprint density at radius 1 is 1.28 bits per heavy atom. The van der Waals surface area contributed by atoms with E-state index in [1.807, 2.05) is 29.0 Å². The fraction of sp³-hybridized carbons (Fsp3) is 0.350. The second-order valence-electron chi connectivity index (χ2n) is 6.26. The van der Waals surface area contributed by atoms with Gasteiger partial charge in [0.2, 0.25) is 17.6 Å². The van der Waals surface area contributed by atoms with Crippen LogP contribution < -0.4 is 0 Å². The molecule has 0 saturated heterocycles. The van der Waals surface area contributed by atoms with Gasteiger partial charge in [-0.15, -0.1) is 0 Å². The molecule has 0 aromatic carbocycles. The molecule has 1 amide bonds. The summed E-state index contributed by atoms with van der Waals surface area (Å²) in [6.07, 6.45) is 4.06. The second-order valence-corrected chi connectivity index (χ2v) is 7.04. The number of aromatic nitrogens is 3. The van der Waals surface area contributed by atoms with Gasteiger partial charge in [0.25, 0.3) is 0 Å². The number of esters is 1. The molecule has 0 atom stereocenters. The number of thiophene rings is 1. The van der Waals surface area contributed by atoms with E-state index in [1.54, 1.807) is 35.6 Å². The first-order valence-electron chi connectivity index (χ1n) is 9.33. The molecule has 0 radical (unpaired) electrons. The molecular formula is C20H22N4O4S. The Morgan fingerprint density at radius 2 is 2.17 bits per heavy atom. The van der Waals surface area contributed by atoms with Crippen molar-refractivity contribution in [3.05, 3.63) is 52.8 Å². The van der Waals surface area contributed by atoms with E-state index in [2.05, 4.69) is 15.1 Å². The number of carbonyl (C=O) groups excluding carboxylic acids is 2. The van der Waals surface area contributed by atoms with Crippen LogP contribution in [0.4, 0.5) is 0 Å². The van der Waals surface area contributed by atoms with Gasteiger partial charge in [0.1, 0.15) is 0 Å². The number of hydrogen-bond acceptors (Lipinski definition) is 8. The van der Waals surface area contributed by atoms with Crippen molar-refractivity contribution in [2.24, 2.45) is 0 Å². The molecule has 0 bridgehead atoms. The number of ether oxygens (including phenoxy) is 1. The third kappa shape index (κ3) is 6.21. The van der Waals surface area contributed by atoms with Gasteiger partial charge >= 0.3 is 5.97 Å². The highest BCUT2D eigenvalue weighted by molar-refractivity contribution is 7.08. The molecule has 0 fully saturated rings. The summed E-state index contributed by atoms with van der Waals surface area (Å²) >= 11 is 1.55. The van der Waals surface area contributed by atoms with Crippen molar-refractivity contribution in [2.45, 2.75) is 32.7 Å². The first-order chi connectivity index (χ1) is 14.2. The fourth-order valence-electron chi connectivity index (χ4n) is 2.70. The molecule has 3 aromatic heterocycles. The summed E-state index contributed by atoms with van der Waals surface area (Å²) in [5.74, 6) is 0.497. The summed E-state index contributed by atoms with van der Waals surface area (Å²) < 4.78 is 10.2. The molecule has 0 saturated carbocycles. The van der Waals surface area contributed by atoms with Crippen LogP contribution in [0.25, 0.3) is 11.4 Å². The molecule has 8 nitrogen and oxygen atoms in total. The van der Waals surface area contributed by atoms with E-state index in [4.69, 9.17) is 9.26 Å². The van der Waals surface area contributed by atoms with Crippen molar-refractivity contribution in [3.63, 3.8) is 0 Å². The third-order valence-electron chi connectivity index (χ3n) is 4.14. The Labute approximate surface area is 172 Å². The molecule has 0 aliphatic heterocycles. The van der Waals surface area contributed by atoms with Gasteiger partial charge in [-0.1, -0.05) is 11.2 Å². The van der Waals surface area contributed by atoms with Crippen molar-refractivity contribution in [2.75, 3.05) is 13.2 Å². The number of carbonyl (C=O) groups is 2. The number of nitrogens with zero attached hydrogens (tertiary/aromatic N) is 4. The molecule has 9 heteroatoms. The van der Waals surface area contributed by atoms with Crippen LogP contribution in [0, 0.1) is 0 Å². The lowest BCUT2D eigenvalue weighted by molar-refractivity contribution is -0.144. The summed E-state index contributed by atoms with van der Waals surface area (Å²) in [5.41, 5.74) is 1.78. The lowest BCUT2D eigenvalue weighted by atomic mass is 10.2. The first-order valence-corrected chi connectivity index (χ1v) is 10.3. The van der Waals surface area contributed by atoms with E-state index >= 15 is 0 Å². The molecule has 152 valence electrons. The van der Waals surface area contributed by atoms with Crippen molar-refractivity contribution >= 4 is 23.2 Å². The first kappa shape index (κ1) is 20.7. The lowest BCUT2D eigenvalue weighted by Gasteiger charge is -2.22. The van der Waals surface area contributed by atoms with E-state index < -0.39 is 0 Å². The number of hydrogen-bond donors (Lipinski definition) is 0. The molecule has 3 heterocycles. The normalized spacial score (nSPS) is 10.7. The minimum Gasteiger partial charge on any atom is -0.466 e. The minimum atomic E-state index is -0.325. The zero-order valence-electron chi connectivity index (χ0n) is 16.1. The van der Waals surface area contributed by atoms with Gasteiger partial charge in [0.05, 0.1) is 13.0 Å². The smallest absolute Gasteiger partial charge is 0.307 e. The third-order valence-corrected chi connectivity index (χ3v) is 4.82. The SMILES string of the molecule is CCOC(=O)CCN(Cc1cccnc1)C(=O)CCc1nc(-c2ccsc2)no1. The molecule has 0 aliphatic rings. The number of rotatable bonds is 10. The maximum atomic E-state index is 12.8. The van der Waals surface area contributed by atoms with Crippen LogP contribution in [0.5, 0.6) is 0 Å². The number of pyridine rings is 1. The zero-order valence-corrected chi connectivity index (χ0v) is 16.9. The highest BCUT2D eigenvalue weighted by Crippen LogP contribution is 2.19.